The molecule has 1 aliphatic heterocycles. The zero-order valence-electron chi connectivity index (χ0n) is 12.5. The predicted molar refractivity (Wildman–Crippen MR) is 72.6 cm³/mol. The Hall–Kier alpha value is -0.160. The SMILES string of the molecule is C[C@@H]1C[C@H](CO)C2(O[C@H](C)C[C@H](C)O2)[C@H](O)[C@@H](C)C1. The minimum absolute atomic E-state index is 0.00639. The first-order valence-corrected chi connectivity index (χ1v) is 7.53. The Labute approximate surface area is 116 Å². The van der Waals surface area contributed by atoms with Gasteiger partial charge in [-0.05, 0) is 44.9 Å². The van der Waals surface area contributed by atoms with Crippen molar-refractivity contribution in [2.45, 2.75) is 71.1 Å². The second kappa shape index (κ2) is 5.68. The molecule has 4 nitrogen and oxygen atoms in total. The van der Waals surface area contributed by atoms with Crippen molar-refractivity contribution in [1.82, 2.24) is 0 Å². The quantitative estimate of drug-likeness (QED) is 0.766. The molecule has 112 valence electrons. The molecule has 1 unspecified atom stereocenters. The third-order valence-corrected chi connectivity index (χ3v) is 4.64. The van der Waals surface area contributed by atoms with E-state index in [-0.39, 0.29) is 30.7 Å². The van der Waals surface area contributed by atoms with Crippen molar-refractivity contribution in [1.29, 1.82) is 0 Å². The lowest BCUT2D eigenvalue weighted by molar-refractivity contribution is -0.373. The van der Waals surface area contributed by atoms with Crippen molar-refractivity contribution < 1.29 is 19.7 Å². The van der Waals surface area contributed by atoms with E-state index in [1.165, 1.54) is 0 Å². The first-order chi connectivity index (χ1) is 8.89. The number of hydrogen-bond donors (Lipinski definition) is 2. The van der Waals surface area contributed by atoms with Crippen LogP contribution in [0.4, 0.5) is 0 Å². The van der Waals surface area contributed by atoms with E-state index in [1.807, 2.05) is 20.8 Å². The lowest BCUT2D eigenvalue weighted by Crippen LogP contribution is -2.61. The van der Waals surface area contributed by atoms with Gasteiger partial charge < -0.3 is 19.7 Å². The fraction of sp³-hybridized carbons (Fsp3) is 1.00. The molecular formula is C15H28O4. The van der Waals surface area contributed by atoms with Gasteiger partial charge in [-0.2, -0.15) is 0 Å². The monoisotopic (exact) mass is 272 g/mol. The fourth-order valence-corrected chi connectivity index (χ4v) is 3.90. The van der Waals surface area contributed by atoms with E-state index in [0.29, 0.717) is 5.92 Å². The number of rotatable bonds is 1. The fourth-order valence-electron chi connectivity index (χ4n) is 3.90. The van der Waals surface area contributed by atoms with Gasteiger partial charge in [0.1, 0.15) is 6.10 Å². The normalized spacial score (nSPS) is 52.1. The lowest BCUT2D eigenvalue weighted by Gasteiger charge is -2.49. The Morgan fingerprint density at radius 2 is 1.58 bits per heavy atom. The summed E-state index contributed by atoms with van der Waals surface area (Å²) in [6.45, 7) is 8.23. The zero-order chi connectivity index (χ0) is 14.2. The maximum absolute atomic E-state index is 10.7. The predicted octanol–water partition coefficient (Wildman–Crippen LogP) is 1.93. The average molecular weight is 272 g/mol. The van der Waals surface area contributed by atoms with Crippen LogP contribution in [0.15, 0.2) is 0 Å². The van der Waals surface area contributed by atoms with Crippen LogP contribution < -0.4 is 0 Å². The lowest BCUT2D eigenvalue weighted by atomic mass is 9.87. The molecular weight excluding hydrogens is 244 g/mol. The van der Waals surface area contributed by atoms with Crippen LogP contribution in [0.25, 0.3) is 0 Å². The van der Waals surface area contributed by atoms with Crippen LogP contribution >= 0.6 is 0 Å². The molecule has 1 spiro atoms. The zero-order valence-corrected chi connectivity index (χ0v) is 12.5. The molecule has 7 atom stereocenters. The van der Waals surface area contributed by atoms with Gasteiger partial charge in [0.25, 0.3) is 0 Å². The van der Waals surface area contributed by atoms with E-state index < -0.39 is 11.9 Å². The number of aliphatic hydroxyl groups is 2. The molecule has 1 saturated heterocycles. The van der Waals surface area contributed by atoms with E-state index in [0.717, 1.165) is 19.3 Å². The van der Waals surface area contributed by atoms with Gasteiger partial charge in [-0.3, -0.25) is 0 Å². The molecule has 4 heteroatoms. The summed E-state index contributed by atoms with van der Waals surface area (Å²) in [5, 5.41) is 20.5. The summed E-state index contributed by atoms with van der Waals surface area (Å²) in [4.78, 5) is 0. The molecule has 1 saturated carbocycles. The molecule has 1 aliphatic carbocycles. The van der Waals surface area contributed by atoms with E-state index in [2.05, 4.69) is 6.92 Å². The number of ether oxygens (including phenoxy) is 2. The third-order valence-electron chi connectivity index (χ3n) is 4.64. The van der Waals surface area contributed by atoms with Gasteiger partial charge in [-0.15, -0.1) is 0 Å². The second-order valence-electron chi connectivity index (χ2n) is 6.69. The van der Waals surface area contributed by atoms with Gasteiger partial charge in [0.05, 0.1) is 18.8 Å². The summed E-state index contributed by atoms with van der Waals surface area (Å²) in [5.74, 6) is -0.617. The van der Waals surface area contributed by atoms with Crippen molar-refractivity contribution >= 4 is 0 Å². The molecule has 0 aromatic rings. The molecule has 19 heavy (non-hydrogen) atoms. The standard InChI is InChI=1S/C15H28O4/c1-9-5-10(2)14(17)15(13(6-9)8-16)18-11(3)7-12(4)19-15/h9-14,16-17H,5-8H2,1-4H3/t9-,10-,11-,12+,13+,14+,15?/m0/s1. The van der Waals surface area contributed by atoms with Crippen LogP contribution in [0.2, 0.25) is 0 Å². The average Bonchev–Trinajstić information content (AvgIpc) is 2.39. The van der Waals surface area contributed by atoms with Crippen LogP contribution in [-0.4, -0.2) is 40.9 Å². The summed E-state index contributed by atoms with van der Waals surface area (Å²) in [6.07, 6.45) is 2.02. The summed E-state index contributed by atoms with van der Waals surface area (Å²) < 4.78 is 12.1. The number of hydrogen-bond acceptors (Lipinski definition) is 4. The van der Waals surface area contributed by atoms with E-state index >= 15 is 0 Å². The van der Waals surface area contributed by atoms with Crippen molar-refractivity contribution in [2.75, 3.05) is 6.61 Å². The van der Waals surface area contributed by atoms with Gasteiger partial charge in [-0.25, -0.2) is 0 Å². The maximum Gasteiger partial charge on any atom is 0.200 e. The van der Waals surface area contributed by atoms with Crippen LogP contribution in [0.1, 0.15) is 47.0 Å². The van der Waals surface area contributed by atoms with Crippen molar-refractivity contribution in [3.8, 4) is 0 Å². The summed E-state index contributed by atoms with van der Waals surface area (Å²) in [7, 11) is 0. The van der Waals surface area contributed by atoms with Crippen molar-refractivity contribution in [3.63, 3.8) is 0 Å². The first kappa shape index (κ1) is 15.2. The minimum Gasteiger partial charge on any atom is -0.396 e. The number of aliphatic hydroxyl groups excluding tert-OH is 2. The van der Waals surface area contributed by atoms with Crippen LogP contribution in [0, 0.1) is 17.8 Å². The minimum atomic E-state index is -1.03. The Morgan fingerprint density at radius 1 is 1.00 bits per heavy atom. The molecule has 0 radical (unpaired) electrons. The molecule has 0 amide bonds. The van der Waals surface area contributed by atoms with Crippen LogP contribution in [-0.2, 0) is 9.47 Å². The highest BCUT2D eigenvalue weighted by Crippen LogP contribution is 2.45. The largest absolute Gasteiger partial charge is 0.396 e. The topological polar surface area (TPSA) is 58.9 Å². The molecule has 2 aliphatic rings. The Kier molecular flexibility index (Phi) is 4.56. The van der Waals surface area contributed by atoms with Gasteiger partial charge in [0.15, 0.2) is 5.79 Å². The molecule has 0 aromatic heterocycles. The Balaban J connectivity index is 2.35. The highest BCUT2D eigenvalue weighted by atomic mass is 16.7. The third kappa shape index (κ3) is 2.82. The Bertz CT molecular complexity index is 297. The highest BCUT2D eigenvalue weighted by Gasteiger charge is 2.55. The van der Waals surface area contributed by atoms with Gasteiger partial charge in [0, 0.05) is 5.92 Å². The van der Waals surface area contributed by atoms with E-state index in [1.54, 1.807) is 0 Å². The molecule has 0 aromatic carbocycles. The van der Waals surface area contributed by atoms with Gasteiger partial charge in [0.2, 0.25) is 0 Å². The van der Waals surface area contributed by atoms with Crippen molar-refractivity contribution in [3.05, 3.63) is 0 Å². The smallest absolute Gasteiger partial charge is 0.200 e. The maximum atomic E-state index is 10.7. The van der Waals surface area contributed by atoms with Crippen LogP contribution in [0.3, 0.4) is 0 Å². The molecule has 2 fully saturated rings. The molecule has 2 N–H and O–H groups in total. The Morgan fingerprint density at radius 3 is 2.11 bits per heavy atom. The van der Waals surface area contributed by atoms with Gasteiger partial charge in [-0.1, -0.05) is 13.8 Å². The van der Waals surface area contributed by atoms with E-state index in [4.69, 9.17) is 9.47 Å². The summed E-state index contributed by atoms with van der Waals surface area (Å²) in [5.41, 5.74) is 0. The van der Waals surface area contributed by atoms with Crippen LogP contribution in [0.5, 0.6) is 0 Å². The van der Waals surface area contributed by atoms with Gasteiger partial charge >= 0.3 is 0 Å². The first-order valence-electron chi connectivity index (χ1n) is 7.53. The molecule has 1 heterocycles. The van der Waals surface area contributed by atoms with Crippen molar-refractivity contribution in [2.24, 2.45) is 17.8 Å². The summed E-state index contributed by atoms with van der Waals surface area (Å²) in [6, 6.07) is 0. The summed E-state index contributed by atoms with van der Waals surface area (Å²) >= 11 is 0. The van der Waals surface area contributed by atoms with E-state index in [9.17, 15) is 10.2 Å². The molecule has 0 bridgehead atoms. The second-order valence-corrected chi connectivity index (χ2v) is 6.69. The highest BCUT2D eigenvalue weighted by molar-refractivity contribution is 4.96. The molecule has 2 rings (SSSR count).